The molecular weight excluding hydrogens is 2040 g/mol. The number of amides is 6. The van der Waals surface area contributed by atoms with Crippen molar-refractivity contribution < 1.29 is 63.1 Å². The third kappa shape index (κ3) is 45.9. The minimum atomic E-state index is -0.478. The van der Waals surface area contributed by atoms with Gasteiger partial charge in [-0.25, -0.2) is 9.97 Å². The van der Waals surface area contributed by atoms with Crippen LogP contribution in [-0.2, 0) is 18.0 Å². The highest BCUT2D eigenvalue weighted by Gasteiger charge is 2.23. The van der Waals surface area contributed by atoms with Crippen LogP contribution in [0.4, 0.5) is 0 Å². The third-order valence-corrected chi connectivity index (χ3v) is 34.7. The number of phenolic OH excluding ortho intramolecular Hbond substituents is 3. The van der Waals surface area contributed by atoms with Gasteiger partial charge in [-0.1, -0.05) is 281 Å². The number of rotatable bonds is 53. The Morgan fingerprint density at radius 3 is 1.23 bits per heavy atom. The van der Waals surface area contributed by atoms with Crippen LogP contribution in [0.1, 0.15) is 192 Å². The number of aromatic hydroxyl groups is 3. The van der Waals surface area contributed by atoms with Gasteiger partial charge in [0.05, 0.1) is 21.9 Å². The molecule has 12 rings (SSSR count). The first-order valence-electron chi connectivity index (χ1n) is 48.0. The average Bonchev–Trinajstić information content (AvgIpc) is 0.854. The Balaban J connectivity index is 0.000000235. The number of thiophene rings is 1. The van der Waals surface area contributed by atoms with Gasteiger partial charge in [0, 0.05) is 137 Å². The molecule has 0 saturated heterocycles. The van der Waals surface area contributed by atoms with E-state index in [0.717, 1.165) is 134 Å². The van der Waals surface area contributed by atoms with Crippen LogP contribution in [0.15, 0.2) is 236 Å². The van der Waals surface area contributed by atoms with Gasteiger partial charge in [-0.2, -0.15) is 12.6 Å². The first-order chi connectivity index (χ1) is 69.9. The molecule has 0 spiro atoms. The molecule has 9 aromatic carbocycles. The Morgan fingerprint density at radius 2 is 0.792 bits per heavy atom. The van der Waals surface area contributed by atoms with Crippen LogP contribution >= 0.6 is 132 Å². The molecule has 34 heteroatoms. The van der Waals surface area contributed by atoms with Gasteiger partial charge in [-0.05, 0) is 217 Å². The number of aromatic nitrogens is 2. The number of hydrogen-bond donors (Lipinski definition) is 10. The molecule has 12 aromatic rings. The number of nitrogens with zero attached hydrogens (tertiary/aromatic N) is 3. The maximum Gasteiger partial charge on any atom is 0.269 e. The zero-order chi connectivity index (χ0) is 104. The van der Waals surface area contributed by atoms with Crippen LogP contribution in [-0.4, -0.2) is 195 Å². The fourth-order valence-corrected chi connectivity index (χ4v) is 24.5. The monoisotopic (exact) mass is 2180 g/mol. The van der Waals surface area contributed by atoms with E-state index in [1.807, 2.05) is 283 Å². The van der Waals surface area contributed by atoms with Gasteiger partial charge >= 0.3 is 0 Å². The highest BCUT2D eigenvalue weighted by Crippen LogP contribution is 2.35. The predicted octanol–water partition coefficient (Wildman–Crippen LogP) is 25.9. The second-order valence-corrected chi connectivity index (χ2v) is 47.5. The summed E-state index contributed by atoms with van der Waals surface area (Å²) >= 11 is 5.44. The number of para-hydroxylation sites is 3. The number of phenols is 3. The van der Waals surface area contributed by atoms with Gasteiger partial charge in [-0.3, -0.25) is 33.6 Å². The molecule has 9 N–H and O–H groups in total. The zero-order valence-corrected chi connectivity index (χ0v) is 93.8. The average molecular weight is 2180 g/mol. The van der Waals surface area contributed by atoms with E-state index in [9.17, 15) is 48.9 Å². The number of hydrogen-bond acceptors (Lipinski definition) is 28. The molecule has 0 aliphatic carbocycles. The quantitative estimate of drug-likeness (QED) is 0.00733. The molecule has 0 aliphatic rings. The number of aryl methyl sites for hydroxylation is 4. The number of pyridine rings is 2. The van der Waals surface area contributed by atoms with Crippen LogP contribution in [0, 0.1) is 27.7 Å². The molecule has 6 amide bonds. The Bertz CT molecular complexity index is 5810. The van der Waals surface area contributed by atoms with Gasteiger partial charge in [0.15, 0.2) is 0 Å². The van der Waals surface area contributed by atoms with Gasteiger partial charge in [0.2, 0.25) is 11.7 Å². The summed E-state index contributed by atoms with van der Waals surface area (Å²) in [5, 5.41) is 51.7. The Morgan fingerprint density at radius 1 is 0.396 bits per heavy atom. The second-order valence-electron chi connectivity index (χ2n) is 32.6. The van der Waals surface area contributed by atoms with Crippen LogP contribution in [0.3, 0.4) is 0 Å². The Kier molecular flexibility index (Phi) is 60.8. The van der Waals surface area contributed by atoms with E-state index in [4.69, 9.17) is 14.2 Å². The predicted molar refractivity (Wildman–Crippen MR) is 624 cm³/mol. The molecular formula is C110H137N9O13S12. The maximum atomic E-state index is 12.4. The van der Waals surface area contributed by atoms with Gasteiger partial charge in [0.25, 0.3) is 29.5 Å². The van der Waals surface area contributed by atoms with Crippen LogP contribution in [0.5, 0.6) is 40.2 Å². The number of ketones is 1. The lowest BCUT2D eigenvalue weighted by Gasteiger charge is -2.14. The van der Waals surface area contributed by atoms with Crippen molar-refractivity contribution in [2.45, 2.75) is 126 Å². The van der Waals surface area contributed by atoms with Crippen molar-refractivity contribution in [1.29, 1.82) is 0 Å². The number of nitrogens with one attached hydrogen (secondary N) is 6. The van der Waals surface area contributed by atoms with Crippen molar-refractivity contribution in [1.82, 2.24) is 46.8 Å². The van der Waals surface area contributed by atoms with Gasteiger partial charge < -0.3 is 66.3 Å². The molecule has 0 saturated carbocycles. The van der Waals surface area contributed by atoms with Crippen molar-refractivity contribution in [3.05, 3.63) is 313 Å². The first kappa shape index (κ1) is 122. The Hall–Kier alpha value is -9.40. The first-order valence-corrected chi connectivity index (χ1v) is 62.0. The molecule has 1 atom stereocenters. The van der Waals surface area contributed by atoms with Crippen molar-refractivity contribution in [3.63, 3.8) is 0 Å². The summed E-state index contributed by atoms with van der Waals surface area (Å²) in [5.74, 6) is 12.8. The molecule has 22 nitrogen and oxygen atoms in total. The Labute approximate surface area is 900 Å². The summed E-state index contributed by atoms with van der Waals surface area (Å²) in [4.78, 5) is 97.2. The summed E-state index contributed by atoms with van der Waals surface area (Å²) in [6, 6.07) is 70.6. The lowest BCUT2D eigenvalue weighted by molar-refractivity contribution is -0.122. The molecule has 0 fully saturated rings. The number of ether oxygens (including phenoxy) is 3. The van der Waals surface area contributed by atoms with Gasteiger partial charge in [0.1, 0.15) is 75.9 Å². The number of carbonyl (C=O) groups is 7. The van der Waals surface area contributed by atoms with E-state index in [0.29, 0.717) is 125 Å². The van der Waals surface area contributed by atoms with E-state index >= 15 is 0 Å². The fourth-order valence-electron chi connectivity index (χ4n) is 12.9. The summed E-state index contributed by atoms with van der Waals surface area (Å²) in [6.45, 7) is 23.8. The summed E-state index contributed by atoms with van der Waals surface area (Å²) < 4.78 is 17.3. The summed E-state index contributed by atoms with van der Waals surface area (Å²) in [5.41, 5.74) is 10.2. The van der Waals surface area contributed by atoms with Crippen LogP contribution in [0.25, 0.3) is 21.8 Å². The minimum absolute atomic E-state index is 0.0251. The molecule has 0 bridgehead atoms. The molecule has 1 unspecified atom stereocenters. The summed E-state index contributed by atoms with van der Waals surface area (Å²) in [7, 11) is 22.6. The molecule has 144 heavy (non-hydrogen) atoms. The zero-order valence-electron chi connectivity index (χ0n) is 83.9. The largest absolute Gasteiger partial charge is 0.508 e. The third-order valence-electron chi connectivity index (χ3n) is 20.5. The van der Waals surface area contributed by atoms with E-state index in [1.165, 1.54) is 48.2 Å². The SMILES string of the molecule is CCCSSCCCNC(=O)c1ccc(Oc2ccccc2)cc1.CCCSSCCCNC(=O)c1ccc2c(C)cc(C)c(O)c2n1.CCCSSCCNC(=O)C(C)c1ccc(C(=O)c2cccs2)cc1O.CCCSSCCNC(=O)c1ccccc1OCc1ccccc1.Cc1cc(C)c2ccc(C(=O)NCCCSSCCN(C)C)nc2c1O.O=C(NCCS)c1ccccc1OCc1ccccc1. The van der Waals surface area contributed by atoms with Crippen LogP contribution < -0.4 is 46.1 Å². The van der Waals surface area contributed by atoms with Crippen LogP contribution in [0.2, 0.25) is 0 Å². The normalized spacial score (nSPS) is 10.9. The van der Waals surface area contributed by atoms with Crippen molar-refractivity contribution >= 4 is 195 Å². The maximum absolute atomic E-state index is 12.4. The van der Waals surface area contributed by atoms with E-state index in [-0.39, 0.29) is 58.5 Å². The fraction of sp³-hybridized carbons (Fsp3) is 0.355. The van der Waals surface area contributed by atoms with Crippen molar-refractivity contribution in [2.24, 2.45) is 0 Å². The molecule has 772 valence electrons. The van der Waals surface area contributed by atoms with Crippen molar-refractivity contribution in [3.8, 4) is 40.2 Å². The highest BCUT2D eigenvalue weighted by atomic mass is 33.1. The lowest BCUT2D eigenvalue weighted by Crippen LogP contribution is -2.29. The molecule has 0 aliphatic heterocycles. The standard InChI is InChI=1S/C19H27N3O2S2.C19H23NO3S3.2C19H23NO2S2.C18H24N2O2S2.C16H17NO2S/c1-13-12-14(2)18(23)17-15(13)6-7-16(21-17)19(24)20-8-5-10-25-26-11-9-22(3)4;1-3-9-25-26-11-8-20-19(23)13(2)15-7-6-14(12-16(15)21)18(22)17-5-4-10-24-17;1-2-13-23-24-14-12-20-19(21)17-10-6-7-11-18(17)22-15-16-8-4-3-5-9-16;1-2-14-23-24-15-6-13-20-19(21)16-9-11-18(12-10-16)22-17-7-4-3-5-8-17;1-4-9-23-24-10-5-8-19-18(22)15-7-6-14-12(2)11-13(3)17(21)16(14)20-15;18-16(17-10-11-20)14-8-4-5-9-15(14)19-12-13-6-2-1-3-7-13/h6-7,12,23H,5,8-11H2,1-4H3,(H,20,24);4-7,10,12-13,21H,3,8-9,11H2,1-2H3,(H,20,23);3-11H,2,12-15H2,1H3,(H,20,21);3-5,7-12H,2,6,13-15H2,1H3,(H,20,21);6-7,11,21H,4-5,8-10H2,1-3H3,(H,19,22);1-9,20H,10-12H2,(H,17,18). The number of benzene rings is 9. The number of fused-ring (bicyclic) bond motifs is 2. The molecule has 3 heterocycles. The van der Waals surface area contributed by atoms with E-state index < -0.39 is 5.92 Å². The number of carbonyl (C=O) groups excluding carboxylic acids is 7. The number of thiol groups is 1. The van der Waals surface area contributed by atoms with Gasteiger partial charge in [-0.15, -0.1) is 11.3 Å². The molecule has 3 aromatic heterocycles. The second kappa shape index (κ2) is 72.0. The van der Waals surface area contributed by atoms with Crippen molar-refractivity contribution in [2.75, 3.05) is 123 Å². The topological polar surface area (TPSA) is 309 Å². The highest BCUT2D eigenvalue weighted by molar-refractivity contribution is 8.77. The lowest BCUT2D eigenvalue weighted by atomic mass is 9.96. The minimum Gasteiger partial charge on any atom is -0.508 e. The summed E-state index contributed by atoms with van der Waals surface area (Å²) in [6.07, 6.45) is 7.56. The van der Waals surface area contributed by atoms with E-state index in [2.05, 4.69) is 101 Å². The smallest absolute Gasteiger partial charge is 0.269 e. The van der Waals surface area contributed by atoms with E-state index in [1.54, 1.807) is 89.2 Å². The molecule has 0 radical (unpaired) electrons.